The molecule has 2 aliphatic rings. The minimum atomic E-state index is -0.892. The molecule has 2 bridgehead atoms. The fourth-order valence-corrected chi connectivity index (χ4v) is 3.80. The van der Waals surface area contributed by atoms with E-state index in [1.54, 1.807) is 0 Å². The fraction of sp³-hybridized carbons (Fsp3) is 0.800. The van der Waals surface area contributed by atoms with Crippen LogP contribution in [0, 0.1) is 5.92 Å². The van der Waals surface area contributed by atoms with E-state index in [-0.39, 0.29) is 12.5 Å². The van der Waals surface area contributed by atoms with E-state index in [1.807, 2.05) is 26.8 Å². The largest absolute Gasteiger partial charge is 0.392 e. The van der Waals surface area contributed by atoms with Crippen LogP contribution in [0.3, 0.4) is 0 Å². The molecule has 0 radical (unpaired) electrons. The minimum absolute atomic E-state index is 0.0444. The predicted molar refractivity (Wildman–Crippen MR) is 95.7 cm³/mol. The summed E-state index contributed by atoms with van der Waals surface area (Å²) < 4.78 is 6.32. The van der Waals surface area contributed by atoms with Gasteiger partial charge >= 0.3 is 0 Å². The summed E-state index contributed by atoms with van der Waals surface area (Å²) in [5.74, 6) is 0.0852. The maximum Gasteiger partial charge on any atom is 0.106 e. The van der Waals surface area contributed by atoms with Gasteiger partial charge in [0.1, 0.15) is 6.10 Å². The van der Waals surface area contributed by atoms with E-state index in [2.05, 4.69) is 13.0 Å². The zero-order valence-corrected chi connectivity index (χ0v) is 15.6. The SMILES string of the molecule is C/C1=C\[C@@H]2O[C@](C)(CC[C@]2(O)C(C)C)[C@@H](O)CC/C(CO)=C/CC1. The molecule has 2 heterocycles. The Morgan fingerprint density at radius 3 is 2.62 bits per heavy atom. The Bertz CT molecular complexity index is 496. The van der Waals surface area contributed by atoms with Crippen molar-refractivity contribution in [2.24, 2.45) is 5.92 Å². The van der Waals surface area contributed by atoms with Gasteiger partial charge in [0.05, 0.1) is 23.9 Å². The van der Waals surface area contributed by atoms with Gasteiger partial charge in [-0.1, -0.05) is 31.6 Å². The highest BCUT2D eigenvalue weighted by Gasteiger charge is 2.50. The van der Waals surface area contributed by atoms with Crippen LogP contribution in [0.4, 0.5) is 0 Å². The maximum absolute atomic E-state index is 11.2. The van der Waals surface area contributed by atoms with Gasteiger partial charge in [0.15, 0.2) is 0 Å². The highest BCUT2D eigenvalue weighted by Crippen LogP contribution is 2.43. The standard InChI is InChI=1S/C20H34O4/c1-14(2)20(23)11-10-19(4)17(22)9-8-16(13-21)7-5-6-15(3)12-18(20)24-19/h7,12,14,17-18,21-23H,5-6,8-11,13H2,1-4H3/b15-12+,16-7-/t17-,18-,19+,20-/m0/s1. The quantitative estimate of drug-likeness (QED) is 0.677. The van der Waals surface area contributed by atoms with Crippen LogP contribution in [0.1, 0.15) is 66.2 Å². The van der Waals surface area contributed by atoms with Crippen LogP contribution < -0.4 is 0 Å². The Morgan fingerprint density at radius 2 is 2.00 bits per heavy atom. The average Bonchev–Trinajstić information content (AvgIpc) is 2.53. The molecule has 0 aromatic heterocycles. The van der Waals surface area contributed by atoms with Crippen LogP contribution in [0.5, 0.6) is 0 Å². The summed E-state index contributed by atoms with van der Waals surface area (Å²) >= 11 is 0. The van der Waals surface area contributed by atoms with Gasteiger partial charge in [-0.25, -0.2) is 0 Å². The first-order valence-corrected chi connectivity index (χ1v) is 9.25. The number of rotatable bonds is 2. The topological polar surface area (TPSA) is 69.9 Å². The zero-order valence-electron chi connectivity index (χ0n) is 15.6. The molecule has 138 valence electrons. The highest BCUT2D eigenvalue weighted by molar-refractivity contribution is 5.15. The van der Waals surface area contributed by atoms with Gasteiger partial charge in [-0.2, -0.15) is 0 Å². The lowest BCUT2D eigenvalue weighted by Gasteiger charge is -2.50. The molecule has 1 fully saturated rings. The van der Waals surface area contributed by atoms with E-state index < -0.39 is 23.4 Å². The number of ether oxygens (including phenoxy) is 1. The summed E-state index contributed by atoms with van der Waals surface area (Å²) in [7, 11) is 0. The molecule has 4 nitrogen and oxygen atoms in total. The van der Waals surface area contributed by atoms with Gasteiger partial charge in [-0.3, -0.25) is 0 Å². The molecule has 2 rings (SSSR count). The third kappa shape index (κ3) is 4.10. The number of fused-ring (bicyclic) bond motifs is 2. The van der Waals surface area contributed by atoms with Gasteiger partial charge in [-0.15, -0.1) is 0 Å². The molecule has 4 heteroatoms. The van der Waals surface area contributed by atoms with E-state index in [9.17, 15) is 15.3 Å². The average molecular weight is 338 g/mol. The lowest BCUT2D eigenvalue weighted by Crippen LogP contribution is -2.59. The van der Waals surface area contributed by atoms with Crippen molar-refractivity contribution in [1.82, 2.24) is 0 Å². The van der Waals surface area contributed by atoms with Gasteiger partial charge in [0, 0.05) is 0 Å². The van der Waals surface area contributed by atoms with Crippen molar-refractivity contribution in [2.75, 3.05) is 6.61 Å². The second kappa shape index (κ2) is 7.69. The molecule has 0 saturated carbocycles. The number of hydrogen-bond acceptors (Lipinski definition) is 4. The minimum Gasteiger partial charge on any atom is -0.392 e. The summed E-state index contributed by atoms with van der Waals surface area (Å²) in [6.45, 7) is 8.10. The van der Waals surface area contributed by atoms with Gasteiger partial charge in [0.25, 0.3) is 0 Å². The van der Waals surface area contributed by atoms with Crippen LogP contribution in [0.2, 0.25) is 0 Å². The first-order chi connectivity index (χ1) is 11.2. The lowest BCUT2D eigenvalue weighted by molar-refractivity contribution is -0.238. The molecule has 0 aromatic rings. The van der Waals surface area contributed by atoms with Gasteiger partial charge in [-0.05, 0) is 63.9 Å². The Morgan fingerprint density at radius 1 is 1.29 bits per heavy atom. The van der Waals surface area contributed by atoms with Crippen molar-refractivity contribution in [2.45, 2.75) is 89.6 Å². The predicted octanol–water partition coefficient (Wildman–Crippen LogP) is 3.11. The molecule has 2 aliphatic heterocycles. The monoisotopic (exact) mass is 338 g/mol. The van der Waals surface area contributed by atoms with E-state index in [0.717, 1.165) is 18.4 Å². The molecule has 0 aromatic carbocycles. The van der Waals surface area contributed by atoms with E-state index in [1.165, 1.54) is 5.57 Å². The third-order valence-electron chi connectivity index (χ3n) is 5.96. The fourth-order valence-electron chi connectivity index (χ4n) is 3.80. The first-order valence-electron chi connectivity index (χ1n) is 9.25. The number of allylic oxidation sites excluding steroid dienone is 2. The Labute approximate surface area is 146 Å². The van der Waals surface area contributed by atoms with E-state index in [4.69, 9.17) is 4.74 Å². The van der Waals surface area contributed by atoms with Crippen LogP contribution >= 0.6 is 0 Å². The summed E-state index contributed by atoms with van der Waals surface area (Å²) in [5.41, 5.74) is 0.600. The second-order valence-corrected chi connectivity index (χ2v) is 8.12. The summed E-state index contributed by atoms with van der Waals surface area (Å²) in [4.78, 5) is 0. The van der Waals surface area contributed by atoms with Crippen molar-refractivity contribution in [3.05, 3.63) is 23.3 Å². The number of hydrogen-bond donors (Lipinski definition) is 3. The van der Waals surface area contributed by atoms with Crippen molar-refractivity contribution in [3.63, 3.8) is 0 Å². The molecule has 3 N–H and O–H groups in total. The maximum atomic E-state index is 11.2. The summed E-state index contributed by atoms with van der Waals surface area (Å²) in [5, 5.41) is 31.4. The van der Waals surface area contributed by atoms with E-state index >= 15 is 0 Å². The second-order valence-electron chi connectivity index (χ2n) is 8.12. The summed E-state index contributed by atoms with van der Waals surface area (Å²) in [6, 6.07) is 0. The molecule has 1 saturated heterocycles. The first kappa shape index (κ1) is 19.6. The van der Waals surface area contributed by atoms with Crippen molar-refractivity contribution < 1.29 is 20.1 Å². The van der Waals surface area contributed by atoms with Gasteiger partial charge < -0.3 is 20.1 Å². The van der Waals surface area contributed by atoms with Gasteiger partial charge in [0.2, 0.25) is 0 Å². The van der Waals surface area contributed by atoms with Crippen LogP contribution in [-0.2, 0) is 4.74 Å². The number of aliphatic hydroxyl groups excluding tert-OH is 2. The Kier molecular flexibility index (Phi) is 6.29. The molecular weight excluding hydrogens is 304 g/mol. The molecule has 24 heavy (non-hydrogen) atoms. The smallest absolute Gasteiger partial charge is 0.106 e. The lowest BCUT2D eigenvalue weighted by atomic mass is 9.73. The summed E-state index contributed by atoms with van der Waals surface area (Å²) in [6.07, 6.45) is 7.36. The van der Waals surface area contributed by atoms with E-state index in [0.29, 0.717) is 25.7 Å². The van der Waals surface area contributed by atoms with Crippen molar-refractivity contribution in [1.29, 1.82) is 0 Å². The Hall–Kier alpha value is -0.680. The molecule has 0 spiro atoms. The van der Waals surface area contributed by atoms with Crippen molar-refractivity contribution in [3.8, 4) is 0 Å². The highest BCUT2D eigenvalue weighted by atomic mass is 16.5. The van der Waals surface area contributed by atoms with Crippen LogP contribution in [-0.4, -0.2) is 45.3 Å². The normalized spacial score (nSPS) is 43.2. The third-order valence-corrected chi connectivity index (χ3v) is 5.96. The number of aliphatic hydroxyl groups is 3. The molecule has 0 unspecified atom stereocenters. The van der Waals surface area contributed by atoms with Crippen LogP contribution in [0.15, 0.2) is 23.3 Å². The van der Waals surface area contributed by atoms with Crippen molar-refractivity contribution >= 4 is 0 Å². The molecule has 4 atom stereocenters. The Balaban J connectivity index is 2.35. The van der Waals surface area contributed by atoms with Crippen LogP contribution in [0.25, 0.3) is 0 Å². The molecule has 0 aliphatic carbocycles. The zero-order chi connectivity index (χ0) is 18.0. The molecular formula is C20H34O4. The molecule has 0 amide bonds.